The van der Waals surface area contributed by atoms with E-state index < -0.39 is 33.3 Å². The number of aryl methyl sites for hydroxylation is 1. The molecular weight excluding hydrogens is 797 g/mol. The minimum atomic E-state index is -4.69. The molecule has 0 radical (unpaired) electrons. The number of β-amino-alcohol motifs (C(OH)–C–C–N with tert-alkyl or cyclic N) is 1. The molecule has 7 rings (SSSR count). The number of rotatable bonds is 10. The Morgan fingerprint density at radius 1 is 1.00 bits per heavy atom. The second-order valence-corrected chi connectivity index (χ2v) is 18.5. The van der Waals surface area contributed by atoms with Crippen LogP contribution in [0.15, 0.2) is 47.5 Å². The van der Waals surface area contributed by atoms with Crippen LogP contribution in [0.3, 0.4) is 0 Å². The number of carbonyl (C=O) groups is 2. The molecule has 2 aromatic carbocycles. The molecule has 2 atom stereocenters. The van der Waals surface area contributed by atoms with Crippen molar-refractivity contribution in [3.05, 3.63) is 64.3 Å². The van der Waals surface area contributed by atoms with E-state index in [0.717, 1.165) is 75.9 Å². The summed E-state index contributed by atoms with van der Waals surface area (Å²) >= 11 is 6.63. The molecule has 2 amide bonds. The molecule has 3 saturated heterocycles. The van der Waals surface area contributed by atoms with E-state index in [4.69, 9.17) is 11.6 Å². The van der Waals surface area contributed by atoms with Gasteiger partial charge in [-0.3, -0.25) is 19.8 Å². The molecule has 0 spiro atoms. The summed E-state index contributed by atoms with van der Waals surface area (Å²) in [6.07, 6.45) is 1.00. The summed E-state index contributed by atoms with van der Waals surface area (Å²) in [6.45, 7) is 7.97. The Balaban J connectivity index is 0.891. The highest BCUT2D eigenvalue weighted by Gasteiger charge is 2.39. The van der Waals surface area contributed by atoms with E-state index in [2.05, 4.69) is 35.1 Å². The Labute approximate surface area is 341 Å². The van der Waals surface area contributed by atoms with Crippen LogP contribution in [0.2, 0.25) is 5.02 Å². The Bertz CT molecular complexity index is 2130. The number of sulfonamides is 1. The third kappa shape index (κ3) is 9.87. The topological polar surface area (TPSA) is 160 Å². The number of anilines is 4. The quantitative estimate of drug-likeness (QED) is 0.185. The molecular formula is C40H50ClF3N8O5S. The zero-order valence-electron chi connectivity index (χ0n) is 32.6. The second-order valence-electron chi connectivity index (χ2n) is 16.4. The summed E-state index contributed by atoms with van der Waals surface area (Å²) in [6, 6.07) is 10.1. The number of halogens is 4. The molecule has 1 aromatic heterocycles. The molecule has 13 nitrogen and oxygen atoms in total. The predicted molar refractivity (Wildman–Crippen MR) is 215 cm³/mol. The van der Waals surface area contributed by atoms with Gasteiger partial charge in [0.25, 0.3) is 0 Å². The number of aliphatic hydroxyl groups is 1. The van der Waals surface area contributed by atoms with Crippen molar-refractivity contribution in [1.29, 1.82) is 0 Å². The first-order valence-electron chi connectivity index (χ1n) is 19.9. The first-order valence-corrected chi connectivity index (χ1v) is 21.7. The van der Waals surface area contributed by atoms with E-state index in [-0.39, 0.29) is 41.1 Å². The van der Waals surface area contributed by atoms with Crippen LogP contribution in [-0.4, -0.2) is 97.7 Å². The van der Waals surface area contributed by atoms with Crippen LogP contribution in [0, 0.1) is 12.8 Å². The fraction of sp³-hybridized carbons (Fsp3) is 0.550. The van der Waals surface area contributed by atoms with Gasteiger partial charge in [0.05, 0.1) is 16.4 Å². The zero-order valence-corrected chi connectivity index (χ0v) is 34.2. The molecule has 1 aliphatic carbocycles. The number of imide groups is 1. The molecule has 3 aliphatic heterocycles. The molecule has 4 heterocycles. The third-order valence-corrected chi connectivity index (χ3v) is 13.7. The summed E-state index contributed by atoms with van der Waals surface area (Å²) in [4.78, 5) is 38.3. The first kappa shape index (κ1) is 42.1. The van der Waals surface area contributed by atoms with Crippen LogP contribution in [0.5, 0.6) is 0 Å². The van der Waals surface area contributed by atoms with Crippen molar-refractivity contribution in [2.24, 2.45) is 5.92 Å². The Hall–Kier alpha value is -4.03. The monoisotopic (exact) mass is 846 g/mol. The minimum Gasteiger partial charge on any atom is -0.388 e. The van der Waals surface area contributed by atoms with E-state index in [1.165, 1.54) is 17.0 Å². The van der Waals surface area contributed by atoms with Crippen LogP contribution in [-0.2, 0) is 25.8 Å². The van der Waals surface area contributed by atoms with E-state index in [1.807, 2.05) is 18.2 Å². The number of nitrogens with one attached hydrogen (secondary N) is 3. The van der Waals surface area contributed by atoms with Crippen LogP contribution < -0.4 is 25.2 Å². The van der Waals surface area contributed by atoms with Gasteiger partial charge in [-0.05, 0) is 106 Å². The highest BCUT2D eigenvalue weighted by Crippen LogP contribution is 2.38. The average molecular weight is 847 g/mol. The molecule has 4 N–H and O–H groups in total. The molecule has 3 aromatic rings. The number of piperazine rings is 1. The Morgan fingerprint density at radius 2 is 1.74 bits per heavy atom. The number of piperidine rings is 2. The largest absolute Gasteiger partial charge is 0.421 e. The number of aromatic nitrogens is 2. The number of carbonyl (C=O) groups excluding carboxylic acids is 2. The minimum absolute atomic E-state index is 0.00449. The Morgan fingerprint density at radius 3 is 2.40 bits per heavy atom. The second kappa shape index (κ2) is 16.9. The number of nitrogens with zero attached hydrogens (tertiary/aromatic N) is 5. The molecule has 0 bridgehead atoms. The molecule has 1 saturated carbocycles. The fourth-order valence-electron chi connectivity index (χ4n) is 8.63. The molecule has 58 heavy (non-hydrogen) atoms. The van der Waals surface area contributed by atoms with Gasteiger partial charge < -0.3 is 20.2 Å². The number of hydrogen-bond donors (Lipinski definition) is 4. The number of amides is 2. The average Bonchev–Trinajstić information content (AvgIpc) is 3.16. The van der Waals surface area contributed by atoms with Gasteiger partial charge >= 0.3 is 6.18 Å². The lowest BCUT2D eigenvalue weighted by molar-refractivity contribution is -0.138. The van der Waals surface area contributed by atoms with Gasteiger partial charge in [-0.25, -0.2) is 18.1 Å². The van der Waals surface area contributed by atoms with Gasteiger partial charge in [0, 0.05) is 80.9 Å². The summed E-state index contributed by atoms with van der Waals surface area (Å²) < 4.78 is 71.6. The van der Waals surface area contributed by atoms with Crippen molar-refractivity contribution in [2.45, 2.75) is 93.8 Å². The maximum absolute atomic E-state index is 13.9. The summed E-state index contributed by atoms with van der Waals surface area (Å²) in [7, 11) is -3.84. The van der Waals surface area contributed by atoms with Crippen LogP contribution in [0.1, 0.15) is 80.9 Å². The normalized spacial score (nSPS) is 25.1. The molecule has 0 unspecified atom stereocenters. The molecule has 4 aliphatic rings. The van der Waals surface area contributed by atoms with E-state index >= 15 is 0 Å². The van der Waals surface area contributed by atoms with Gasteiger partial charge in [0.2, 0.25) is 27.8 Å². The maximum atomic E-state index is 13.9. The smallest absolute Gasteiger partial charge is 0.388 e. The van der Waals surface area contributed by atoms with Crippen molar-refractivity contribution in [3.63, 3.8) is 0 Å². The van der Waals surface area contributed by atoms with Gasteiger partial charge in [-0.15, -0.1) is 0 Å². The Kier molecular flexibility index (Phi) is 12.3. The lowest BCUT2D eigenvalue weighted by atomic mass is 9.86. The SMILES string of the molecule is Cc1cc(S(=O)(=O)NC2CCC(CN3CCN(c4ccc([C@H]5CCC(=O)NC5=O)c(Cl)c4)CC3)CC2)ccc1Nc1ncc(C(F)(F)F)c(N2CCC[C@](C)(O)C2)n1. The van der Waals surface area contributed by atoms with Crippen molar-refractivity contribution < 1.29 is 36.3 Å². The van der Waals surface area contributed by atoms with Gasteiger partial charge in [0.1, 0.15) is 11.4 Å². The highest BCUT2D eigenvalue weighted by atomic mass is 35.5. The van der Waals surface area contributed by atoms with Crippen LogP contribution >= 0.6 is 11.6 Å². The van der Waals surface area contributed by atoms with E-state index in [9.17, 15) is 36.3 Å². The van der Waals surface area contributed by atoms with E-state index in [1.54, 1.807) is 19.9 Å². The van der Waals surface area contributed by atoms with Crippen LogP contribution in [0.25, 0.3) is 0 Å². The van der Waals surface area contributed by atoms with Crippen molar-refractivity contribution in [3.8, 4) is 0 Å². The van der Waals surface area contributed by atoms with E-state index in [0.29, 0.717) is 54.4 Å². The summed E-state index contributed by atoms with van der Waals surface area (Å²) in [5.41, 5.74) is 0.586. The molecule has 18 heteroatoms. The molecule has 4 fully saturated rings. The van der Waals surface area contributed by atoms with Crippen molar-refractivity contribution in [2.75, 3.05) is 60.9 Å². The third-order valence-electron chi connectivity index (χ3n) is 11.8. The zero-order chi connectivity index (χ0) is 41.4. The number of benzene rings is 2. The van der Waals surface area contributed by atoms with Crippen molar-refractivity contribution in [1.82, 2.24) is 24.9 Å². The fourth-order valence-corrected chi connectivity index (χ4v) is 10.3. The summed E-state index contributed by atoms with van der Waals surface area (Å²) in [5.74, 6) is -0.925. The highest BCUT2D eigenvalue weighted by molar-refractivity contribution is 7.89. The standard InChI is InChI=1S/C40H50ClF3N8O5S/c1-25-20-29(9-12-34(25)46-38-45-22-32(40(42,43)44)36(48-38)52-15-3-14-39(2,55)24-52)58(56,57)49-27-6-4-26(5-7-27)23-50-16-18-51(19-17-50)28-8-10-30(33(41)21-28)31-11-13-35(53)47-37(31)54/h8-10,12,20-22,26-27,31,49,55H,3-7,11,13-19,23-24H2,1-2H3,(H,45,46,48)(H,47,53,54)/t26?,27?,31-,39+/m1/s1. The van der Waals surface area contributed by atoms with Gasteiger partial charge in [-0.2, -0.15) is 18.2 Å². The predicted octanol–water partition coefficient (Wildman–Crippen LogP) is 5.73. The summed E-state index contributed by atoms with van der Waals surface area (Å²) in [5, 5.41) is 16.4. The first-order chi connectivity index (χ1) is 27.4. The van der Waals surface area contributed by atoms with Crippen molar-refractivity contribution >= 4 is 56.6 Å². The van der Waals surface area contributed by atoms with Gasteiger partial charge in [0.15, 0.2) is 0 Å². The lowest BCUT2D eigenvalue weighted by Crippen LogP contribution is -2.48. The number of alkyl halides is 3. The van der Waals surface area contributed by atoms with Gasteiger partial charge in [-0.1, -0.05) is 17.7 Å². The lowest BCUT2D eigenvalue weighted by Gasteiger charge is -2.39. The maximum Gasteiger partial charge on any atom is 0.421 e. The number of hydrogen-bond acceptors (Lipinski definition) is 11. The molecule has 314 valence electrons. The van der Waals surface area contributed by atoms with Crippen LogP contribution in [0.4, 0.5) is 36.3 Å².